The van der Waals surface area contributed by atoms with Gasteiger partial charge < -0.3 is 9.64 Å². The smallest absolute Gasteiger partial charge is 0.162 e. The molecular weight excluding hydrogens is 250 g/mol. The van der Waals surface area contributed by atoms with Crippen LogP contribution in [0.3, 0.4) is 0 Å². The van der Waals surface area contributed by atoms with Gasteiger partial charge in [0.1, 0.15) is 11.5 Å². The molecule has 3 heteroatoms. The fourth-order valence-electron chi connectivity index (χ4n) is 1.90. The molecule has 2 aromatic carbocycles. The third-order valence-corrected chi connectivity index (χ3v) is 3.05. The molecule has 0 fully saturated rings. The zero-order chi connectivity index (χ0) is 14.5. The van der Waals surface area contributed by atoms with Gasteiger partial charge >= 0.3 is 0 Å². The highest BCUT2D eigenvalue weighted by atomic mass is 16.5. The summed E-state index contributed by atoms with van der Waals surface area (Å²) in [5.74, 6) is 1.56. The maximum Gasteiger partial charge on any atom is 0.162 e. The van der Waals surface area contributed by atoms with Gasteiger partial charge in [-0.3, -0.25) is 4.79 Å². The van der Waals surface area contributed by atoms with Crippen LogP contribution in [0, 0.1) is 0 Å². The summed E-state index contributed by atoms with van der Waals surface area (Å²) in [5, 5.41) is 0. The van der Waals surface area contributed by atoms with Crippen molar-refractivity contribution in [1.29, 1.82) is 0 Å². The first-order chi connectivity index (χ1) is 9.60. The van der Waals surface area contributed by atoms with E-state index in [4.69, 9.17) is 4.74 Å². The standard InChI is InChI=1S/C17H19NO2/c1-4-17(19)13-7-5-9-15(11-13)20-16-10-6-8-14(12-16)18(2)3/h5-12H,4H2,1-3H3. The van der Waals surface area contributed by atoms with Crippen molar-refractivity contribution in [3.05, 3.63) is 54.1 Å². The maximum atomic E-state index is 11.7. The molecule has 0 radical (unpaired) electrons. The number of hydrogen-bond donors (Lipinski definition) is 0. The van der Waals surface area contributed by atoms with Crippen LogP contribution in [0.2, 0.25) is 0 Å². The van der Waals surface area contributed by atoms with E-state index in [1.807, 2.05) is 68.4 Å². The molecule has 3 nitrogen and oxygen atoms in total. The first kappa shape index (κ1) is 14.1. The van der Waals surface area contributed by atoms with Crippen molar-refractivity contribution in [3.63, 3.8) is 0 Å². The molecule has 0 aromatic heterocycles. The monoisotopic (exact) mass is 269 g/mol. The predicted octanol–water partition coefficient (Wildman–Crippen LogP) is 4.14. The van der Waals surface area contributed by atoms with Crippen LogP contribution in [0.5, 0.6) is 11.5 Å². The van der Waals surface area contributed by atoms with E-state index in [-0.39, 0.29) is 5.78 Å². The summed E-state index contributed by atoms with van der Waals surface area (Å²) < 4.78 is 5.83. The molecule has 2 aromatic rings. The minimum absolute atomic E-state index is 0.123. The van der Waals surface area contributed by atoms with Crippen molar-refractivity contribution in [2.45, 2.75) is 13.3 Å². The van der Waals surface area contributed by atoms with Crippen LogP contribution in [0.1, 0.15) is 23.7 Å². The minimum Gasteiger partial charge on any atom is -0.457 e. The van der Waals surface area contributed by atoms with Crippen molar-refractivity contribution in [1.82, 2.24) is 0 Å². The summed E-state index contributed by atoms with van der Waals surface area (Å²) in [5.41, 5.74) is 1.76. The second-order valence-electron chi connectivity index (χ2n) is 4.80. The molecule has 0 spiro atoms. The lowest BCUT2D eigenvalue weighted by molar-refractivity contribution is 0.0988. The molecule has 0 amide bonds. The van der Waals surface area contributed by atoms with E-state index in [9.17, 15) is 4.79 Å². The number of hydrogen-bond acceptors (Lipinski definition) is 3. The lowest BCUT2D eigenvalue weighted by atomic mass is 10.1. The van der Waals surface area contributed by atoms with Gasteiger partial charge in [-0.2, -0.15) is 0 Å². The molecule has 0 atom stereocenters. The molecule has 0 aliphatic heterocycles. The Bertz CT molecular complexity index is 605. The summed E-state index contributed by atoms with van der Waals surface area (Å²) in [6, 6.07) is 15.1. The highest BCUT2D eigenvalue weighted by Crippen LogP contribution is 2.26. The molecule has 0 aliphatic rings. The highest BCUT2D eigenvalue weighted by molar-refractivity contribution is 5.96. The molecular formula is C17H19NO2. The normalized spacial score (nSPS) is 10.2. The molecule has 0 saturated carbocycles. The first-order valence-electron chi connectivity index (χ1n) is 6.68. The van der Waals surface area contributed by atoms with E-state index in [0.717, 1.165) is 11.4 Å². The predicted molar refractivity (Wildman–Crippen MR) is 81.9 cm³/mol. The zero-order valence-corrected chi connectivity index (χ0v) is 12.1. The quantitative estimate of drug-likeness (QED) is 0.764. The van der Waals surface area contributed by atoms with Crippen molar-refractivity contribution < 1.29 is 9.53 Å². The lowest BCUT2D eigenvalue weighted by Crippen LogP contribution is -2.08. The van der Waals surface area contributed by atoms with Gasteiger partial charge in [-0.25, -0.2) is 0 Å². The molecule has 104 valence electrons. The van der Waals surface area contributed by atoms with Gasteiger partial charge in [0.2, 0.25) is 0 Å². The van der Waals surface area contributed by atoms with E-state index in [1.54, 1.807) is 6.07 Å². The van der Waals surface area contributed by atoms with Crippen LogP contribution in [-0.2, 0) is 0 Å². The number of Topliss-reactive ketones (excluding diaryl/α,β-unsaturated/α-hetero) is 1. The Morgan fingerprint density at radius 2 is 1.70 bits per heavy atom. The first-order valence-corrected chi connectivity index (χ1v) is 6.68. The Morgan fingerprint density at radius 3 is 2.35 bits per heavy atom. The molecule has 0 unspecified atom stereocenters. The van der Waals surface area contributed by atoms with Crippen molar-refractivity contribution >= 4 is 11.5 Å². The van der Waals surface area contributed by atoms with E-state index in [0.29, 0.717) is 17.7 Å². The van der Waals surface area contributed by atoms with Crippen LogP contribution in [-0.4, -0.2) is 19.9 Å². The van der Waals surface area contributed by atoms with Crippen molar-refractivity contribution in [3.8, 4) is 11.5 Å². The lowest BCUT2D eigenvalue weighted by Gasteiger charge is -2.14. The number of nitrogens with zero attached hydrogens (tertiary/aromatic N) is 1. The molecule has 0 aliphatic carbocycles. The summed E-state index contributed by atoms with van der Waals surface area (Å²) in [7, 11) is 3.97. The third kappa shape index (κ3) is 3.38. The average molecular weight is 269 g/mol. The maximum absolute atomic E-state index is 11.7. The minimum atomic E-state index is 0.123. The Morgan fingerprint density at radius 1 is 1.05 bits per heavy atom. The number of anilines is 1. The summed E-state index contributed by atoms with van der Waals surface area (Å²) in [6.07, 6.45) is 0.500. The van der Waals surface area contributed by atoms with Gasteiger partial charge in [0.15, 0.2) is 5.78 Å². The molecule has 0 heterocycles. The van der Waals surface area contributed by atoms with E-state index in [2.05, 4.69) is 0 Å². The van der Waals surface area contributed by atoms with Gasteiger partial charge in [-0.05, 0) is 24.3 Å². The van der Waals surface area contributed by atoms with Crippen LogP contribution in [0.15, 0.2) is 48.5 Å². The SMILES string of the molecule is CCC(=O)c1cccc(Oc2cccc(N(C)C)c2)c1. The number of carbonyl (C=O) groups is 1. The molecule has 0 saturated heterocycles. The fourth-order valence-corrected chi connectivity index (χ4v) is 1.90. The number of benzene rings is 2. The van der Waals surface area contributed by atoms with Gasteiger partial charge in [0.05, 0.1) is 0 Å². The van der Waals surface area contributed by atoms with Gasteiger partial charge in [0, 0.05) is 37.8 Å². The second-order valence-corrected chi connectivity index (χ2v) is 4.80. The summed E-state index contributed by atoms with van der Waals surface area (Å²) in [6.45, 7) is 1.86. The second kappa shape index (κ2) is 6.24. The number of ketones is 1. The van der Waals surface area contributed by atoms with Crippen molar-refractivity contribution in [2.75, 3.05) is 19.0 Å². The molecule has 0 bridgehead atoms. The van der Waals surface area contributed by atoms with E-state index >= 15 is 0 Å². The third-order valence-electron chi connectivity index (χ3n) is 3.05. The van der Waals surface area contributed by atoms with Gasteiger partial charge in [-0.1, -0.05) is 25.1 Å². The number of carbonyl (C=O) groups excluding carboxylic acids is 1. The van der Waals surface area contributed by atoms with Crippen LogP contribution < -0.4 is 9.64 Å². The van der Waals surface area contributed by atoms with Crippen molar-refractivity contribution in [2.24, 2.45) is 0 Å². The topological polar surface area (TPSA) is 29.5 Å². The van der Waals surface area contributed by atoms with Gasteiger partial charge in [-0.15, -0.1) is 0 Å². The highest BCUT2D eigenvalue weighted by Gasteiger charge is 2.05. The van der Waals surface area contributed by atoms with Crippen LogP contribution in [0.4, 0.5) is 5.69 Å². The van der Waals surface area contributed by atoms with E-state index < -0.39 is 0 Å². The Hall–Kier alpha value is -2.29. The largest absolute Gasteiger partial charge is 0.457 e. The Kier molecular flexibility index (Phi) is 4.41. The Labute approximate surface area is 119 Å². The van der Waals surface area contributed by atoms with E-state index in [1.165, 1.54) is 0 Å². The molecule has 20 heavy (non-hydrogen) atoms. The molecule has 0 N–H and O–H groups in total. The fraction of sp³-hybridized carbons (Fsp3) is 0.235. The average Bonchev–Trinajstić information content (AvgIpc) is 2.47. The molecule has 2 rings (SSSR count). The summed E-state index contributed by atoms with van der Waals surface area (Å²) >= 11 is 0. The van der Waals surface area contributed by atoms with Crippen LogP contribution in [0.25, 0.3) is 0 Å². The van der Waals surface area contributed by atoms with Crippen LogP contribution >= 0.6 is 0 Å². The number of rotatable bonds is 5. The number of ether oxygens (including phenoxy) is 1. The Balaban J connectivity index is 2.21. The summed E-state index contributed by atoms with van der Waals surface area (Å²) in [4.78, 5) is 13.7. The van der Waals surface area contributed by atoms with Gasteiger partial charge in [0.25, 0.3) is 0 Å². The zero-order valence-electron chi connectivity index (χ0n) is 12.1.